The van der Waals surface area contributed by atoms with Crippen LogP contribution in [0.3, 0.4) is 0 Å². The van der Waals surface area contributed by atoms with E-state index in [4.69, 9.17) is 42.8 Å². The number of hydrogen-bond donors (Lipinski definition) is 2. The van der Waals surface area contributed by atoms with Crippen molar-refractivity contribution in [3.63, 3.8) is 0 Å². The van der Waals surface area contributed by atoms with Gasteiger partial charge in [0.1, 0.15) is 11.6 Å². The van der Waals surface area contributed by atoms with E-state index in [1.807, 2.05) is 42.5 Å². The Balaban J connectivity index is 1.44. The Morgan fingerprint density at radius 3 is 2.47 bits per heavy atom. The molecular formula is C35H33Cl2FN2O4S. The van der Waals surface area contributed by atoms with Crippen LogP contribution in [-0.4, -0.2) is 48.0 Å². The summed E-state index contributed by atoms with van der Waals surface area (Å²) in [7, 11) is 0. The Kier molecular flexibility index (Phi) is 11.4. The molecule has 4 aromatic carbocycles. The summed E-state index contributed by atoms with van der Waals surface area (Å²) in [6, 6.07) is 28.5. The molecule has 4 aromatic rings. The van der Waals surface area contributed by atoms with Crippen LogP contribution in [0.1, 0.15) is 34.8 Å². The van der Waals surface area contributed by atoms with E-state index in [1.54, 1.807) is 54.2 Å². The Morgan fingerprint density at radius 2 is 1.76 bits per heavy atom. The molecule has 0 bridgehead atoms. The molecule has 0 saturated heterocycles. The number of nitrogens with zero attached hydrogens (tertiary/aromatic N) is 1. The Morgan fingerprint density at radius 1 is 1.00 bits per heavy atom. The largest absolute Gasteiger partial charge is 0.494 e. The van der Waals surface area contributed by atoms with Gasteiger partial charge in [-0.1, -0.05) is 71.7 Å². The van der Waals surface area contributed by atoms with Crippen molar-refractivity contribution in [2.75, 3.05) is 25.5 Å². The first-order chi connectivity index (χ1) is 21.9. The zero-order valence-corrected chi connectivity index (χ0v) is 26.8. The summed E-state index contributed by atoms with van der Waals surface area (Å²) >= 11 is 14.6. The third-order valence-electron chi connectivity index (χ3n) is 7.31. The first kappa shape index (κ1) is 32.8. The minimum atomic E-state index is -1.38. The van der Waals surface area contributed by atoms with E-state index >= 15 is 0 Å². The maximum absolute atomic E-state index is 14.3. The summed E-state index contributed by atoms with van der Waals surface area (Å²) in [6.45, 7) is 0.843. The molecule has 1 aliphatic rings. The number of carbonyl (C=O) groups is 1. The summed E-state index contributed by atoms with van der Waals surface area (Å²) < 4.78 is 25.5. The molecule has 6 nitrogen and oxygen atoms in total. The summed E-state index contributed by atoms with van der Waals surface area (Å²) in [5, 5.41) is 13.0. The molecule has 234 valence electrons. The zero-order valence-electron chi connectivity index (χ0n) is 24.4. The number of nitrogens with one attached hydrogen (secondary N) is 1. The molecule has 0 aromatic heterocycles. The van der Waals surface area contributed by atoms with Gasteiger partial charge in [-0.05, 0) is 59.7 Å². The van der Waals surface area contributed by atoms with E-state index in [-0.39, 0.29) is 24.8 Å². The van der Waals surface area contributed by atoms with Crippen LogP contribution in [0, 0.1) is 5.82 Å². The molecule has 0 radical (unpaired) electrons. The average molecular weight is 668 g/mol. The molecule has 2 atom stereocenters. The van der Waals surface area contributed by atoms with Crippen LogP contribution in [0.4, 0.5) is 4.39 Å². The lowest BCUT2D eigenvalue weighted by atomic mass is 9.82. The maximum atomic E-state index is 14.3. The number of carbonyl (C=O) groups excluding carboxylic acids is 1. The minimum absolute atomic E-state index is 0.0515. The molecule has 1 heterocycles. The summed E-state index contributed by atoms with van der Waals surface area (Å²) in [5.41, 5.74) is 1.81. The fraction of sp³-hybridized carbons (Fsp3) is 0.257. The number of ether oxygens (including phenoxy) is 2. The van der Waals surface area contributed by atoms with Crippen molar-refractivity contribution in [2.45, 2.75) is 30.2 Å². The van der Waals surface area contributed by atoms with Crippen LogP contribution in [-0.2, 0) is 21.7 Å². The predicted octanol–water partition coefficient (Wildman–Crippen LogP) is 7.44. The van der Waals surface area contributed by atoms with Crippen LogP contribution >= 0.6 is 35.0 Å². The number of aliphatic imine (C=N–C) groups is 1. The van der Waals surface area contributed by atoms with Crippen molar-refractivity contribution in [2.24, 2.45) is 4.99 Å². The first-order valence-corrected chi connectivity index (χ1v) is 16.5. The molecule has 2 N–H and O–H groups in total. The number of thioether (sulfide) groups is 1. The number of benzene rings is 4. The molecule has 0 spiro atoms. The van der Waals surface area contributed by atoms with E-state index in [0.29, 0.717) is 63.9 Å². The average Bonchev–Trinajstić information content (AvgIpc) is 3.42. The fourth-order valence-electron chi connectivity index (χ4n) is 5.04. The van der Waals surface area contributed by atoms with Crippen molar-refractivity contribution in [1.29, 1.82) is 0 Å². The predicted molar refractivity (Wildman–Crippen MR) is 179 cm³/mol. The monoisotopic (exact) mass is 666 g/mol. The molecule has 0 fully saturated rings. The van der Waals surface area contributed by atoms with Gasteiger partial charge in [0, 0.05) is 58.7 Å². The van der Waals surface area contributed by atoms with Crippen LogP contribution < -0.4 is 10.1 Å². The first-order valence-electron chi connectivity index (χ1n) is 14.6. The van der Waals surface area contributed by atoms with Crippen molar-refractivity contribution in [3.05, 3.63) is 135 Å². The topological polar surface area (TPSA) is 80.2 Å². The molecular weight excluding hydrogens is 634 g/mol. The number of aliphatic hydroxyl groups is 1. The summed E-state index contributed by atoms with van der Waals surface area (Å²) in [5.74, 6) is 1.74. The lowest BCUT2D eigenvalue weighted by molar-refractivity contribution is -0.128. The SMILES string of the molecule is O=C(NCCSCc1ccc(F)cc1)[C@]1(Cc2ccccc2)N=C(c2ccc(OCCCO)cc2)O[C@@H]1c1ccc(Cl)cc1Cl. The highest BCUT2D eigenvalue weighted by Crippen LogP contribution is 2.45. The van der Waals surface area contributed by atoms with Gasteiger partial charge in [-0.3, -0.25) is 4.79 Å². The highest BCUT2D eigenvalue weighted by molar-refractivity contribution is 7.98. The molecule has 5 rings (SSSR count). The molecule has 10 heteroatoms. The van der Waals surface area contributed by atoms with Crippen LogP contribution in [0.2, 0.25) is 10.0 Å². The minimum Gasteiger partial charge on any atom is -0.494 e. The number of hydrogen-bond acceptors (Lipinski definition) is 6. The van der Waals surface area contributed by atoms with Gasteiger partial charge >= 0.3 is 0 Å². The highest BCUT2D eigenvalue weighted by Gasteiger charge is 2.53. The van der Waals surface area contributed by atoms with E-state index in [0.717, 1.165) is 11.1 Å². The maximum Gasteiger partial charge on any atom is 0.252 e. The third kappa shape index (κ3) is 8.38. The third-order valence-corrected chi connectivity index (χ3v) is 8.90. The van der Waals surface area contributed by atoms with E-state index in [2.05, 4.69) is 5.32 Å². The van der Waals surface area contributed by atoms with E-state index in [1.165, 1.54) is 12.1 Å². The van der Waals surface area contributed by atoms with Gasteiger partial charge in [0.15, 0.2) is 11.6 Å². The van der Waals surface area contributed by atoms with Gasteiger partial charge in [-0.15, -0.1) is 0 Å². The second-order valence-corrected chi connectivity index (χ2v) is 12.5. The van der Waals surface area contributed by atoms with Gasteiger partial charge in [0.05, 0.1) is 6.61 Å². The standard InChI is InChI=1S/C35H33Cl2FN2O4S/c36-27-11-16-30(31(37)21-27)32-35(22-24-5-2-1-3-6-24,34(42)39-17-20-45-23-25-7-12-28(38)13-8-25)40-33(44-32)26-9-14-29(15-10-26)43-19-4-18-41/h1-3,5-16,21,32,41H,4,17-20,22-23H2,(H,39,42)/t32-,35-/m1/s1. The number of rotatable bonds is 14. The molecule has 0 aliphatic carbocycles. The van der Waals surface area contributed by atoms with Crippen LogP contribution in [0.5, 0.6) is 5.75 Å². The number of amides is 1. The number of aliphatic hydroxyl groups excluding tert-OH is 1. The van der Waals surface area contributed by atoms with Gasteiger partial charge in [0.25, 0.3) is 5.91 Å². The fourth-order valence-corrected chi connectivity index (χ4v) is 6.37. The second kappa shape index (κ2) is 15.6. The van der Waals surface area contributed by atoms with Crippen molar-refractivity contribution < 1.29 is 23.8 Å². The van der Waals surface area contributed by atoms with Crippen LogP contribution in [0.15, 0.2) is 102 Å². The highest BCUT2D eigenvalue weighted by atomic mass is 35.5. The zero-order chi connectivity index (χ0) is 31.6. The van der Waals surface area contributed by atoms with Crippen molar-refractivity contribution >= 4 is 46.8 Å². The Labute approximate surface area is 276 Å². The Bertz CT molecular complexity index is 1610. The van der Waals surface area contributed by atoms with Crippen molar-refractivity contribution in [1.82, 2.24) is 5.32 Å². The smallest absolute Gasteiger partial charge is 0.252 e. The Hall–Kier alpha value is -3.56. The van der Waals surface area contributed by atoms with Gasteiger partial charge in [0.2, 0.25) is 5.90 Å². The van der Waals surface area contributed by atoms with Gasteiger partial charge < -0.3 is 19.9 Å². The van der Waals surface area contributed by atoms with Crippen LogP contribution in [0.25, 0.3) is 0 Å². The van der Waals surface area contributed by atoms with E-state index < -0.39 is 11.6 Å². The summed E-state index contributed by atoms with van der Waals surface area (Å²) in [6.07, 6.45) is -0.0503. The molecule has 0 unspecified atom stereocenters. The molecule has 0 saturated carbocycles. The van der Waals surface area contributed by atoms with Gasteiger partial charge in [-0.25, -0.2) is 9.38 Å². The number of halogens is 3. The lowest BCUT2D eigenvalue weighted by Crippen LogP contribution is -2.50. The molecule has 45 heavy (non-hydrogen) atoms. The summed E-state index contributed by atoms with van der Waals surface area (Å²) in [4.78, 5) is 19.4. The van der Waals surface area contributed by atoms with Crippen molar-refractivity contribution in [3.8, 4) is 5.75 Å². The molecule has 1 amide bonds. The van der Waals surface area contributed by atoms with E-state index in [9.17, 15) is 9.18 Å². The lowest BCUT2D eigenvalue weighted by Gasteiger charge is -2.31. The second-order valence-electron chi connectivity index (χ2n) is 10.6. The molecule has 1 aliphatic heterocycles. The normalized spacial score (nSPS) is 17.4. The van der Waals surface area contributed by atoms with Gasteiger partial charge in [-0.2, -0.15) is 11.8 Å². The quantitative estimate of drug-likeness (QED) is 0.137.